The number of halogens is 1. The highest BCUT2D eigenvalue weighted by Crippen LogP contribution is 2.21. The number of amides is 2. The molecular formula is C21H23FN2O2. The number of benzene rings is 2. The molecule has 0 saturated carbocycles. The number of carbonyl (C=O) groups is 2. The third-order valence-corrected chi connectivity index (χ3v) is 4.80. The number of hydrogen-bond acceptors (Lipinski definition) is 2. The van der Waals surface area contributed by atoms with E-state index < -0.39 is 0 Å². The Kier molecular flexibility index (Phi) is 5.66. The quantitative estimate of drug-likeness (QED) is 0.906. The second-order valence-electron chi connectivity index (χ2n) is 6.64. The van der Waals surface area contributed by atoms with Crippen LogP contribution in [0.4, 0.5) is 10.1 Å². The summed E-state index contributed by atoms with van der Waals surface area (Å²) < 4.78 is 13.0. The Morgan fingerprint density at radius 3 is 2.46 bits per heavy atom. The number of nitrogens with one attached hydrogen (secondary N) is 1. The smallest absolute Gasteiger partial charge is 0.253 e. The summed E-state index contributed by atoms with van der Waals surface area (Å²) in [6.45, 7) is 3.09. The van der Waals surface area contributed by atoms with Crippen molar-refractivity contribution < 1.29 is 14.0 Å². The number of likely N-dealkylation sites (tertiary alicyclic amines) is 1. The standard InChI is InChI=1S/C21H23FN2O2/c1-2-15-5-11-19(12-6-15)23-20(25)17-4-3-13-24(14-17)21(26)16-7-9-18(22)10-8-16/h5-12,17H,2-4,13-14H2,1H3,(H,23,25)/t17-/m1/s1. The highest BCUT2D eigenvalue weighted by Gasteiger charge is 2.29. The van der Waals surface area contributed by atoms with E-state index in [9.17, 15) is 14.0 Å². The number of nitrogens with zero attached hydrogens (tertiary/aromatic N) is 1. The monoisotopic (exact) mass is 354 g/mol. The van der Waals surface area contributed by atoms with Gasteiger partial charge in [0.15, 0.2) is 0 Å². The average Bonchev–Trinajstić information content (AvgIpc) is 2.68. The Balaban J connectivity index is 1.62. The molecule has 1 N–H and O–H groups in total. The Bertz CT molecular complexity index is 772. The van der Waals surface area contributed by atoms with Gasteiger partial charge in [-0.2, -0.15) is 0 Å². The molecular weight excluding hydrogens is 331 g/mol. The van der Waals surface area contributed by atoms with Crippen LogP contribution in [0.5, 0.6) is 0 Å². The Morgan fingerprint density at radius 2 is 1.81 bits per heavy atom. The van der Waals surface area contributed by atoms with Crippen molar-refractivity contribution in [3.63, 3.8) is 0 Å². The maximum absolute atomic E-state index is 13.0. The largest absolute Gasteiger partial charge is 0.338 e. The number of aryl methyl sites for hydroxylation is 1. The van der Waals surface area contributed by atoms with Crippen LogP contribution >= 0.6 is 0 Å². The zero-order valence-corrected chi connectivity index (χ0v) is 14.9. The first kappa shape index (κ1) is 18.1. The molecule has 2 aromatic rings. The van der Waals surface area contributed by atoms with Gasteiger partial charge in [0.1, 0.15) is 5.82 Å². The van der Waals surface area contributed by atoms with Crippen molar-refractivity contribution in [2.24, 2.45) is 5.92 Å². The minimum Gasteiger partial charge on any atom is -0.338 e. The molecule has 1 aliphatic rings. The molecule has 1 atom stereocenters. The first-order valence-corrected chi connectivity index (χ1v) is 9.01. The molecule has 0 aromatic heterocycles. The molecule has 2 amide bonds. The molecule has 5 heteroatoms. The third-order valence-electron chi connectivity index (χ3n) is 4.80. The highest BCUT2D eigenvalue weighted by atomic mass is 19.1. The molecule has 136 valence electrons. The molecule has 1 heterocycles. The number of carbonyl (C=O) groups excluding carboxylic acids is 2. The van der Waals surface area contributed by atoms with Gasteiger partial charge >= 0.3 is 0 Å². The predicted molar refractivity (Wildman–Crippen MR) is 99.5 cm³/mol. The van der Waals surface area contributed by atoms with E-state index >= 15 is 0 Å². The van der Waals surface area contributed by atoms with Gasteiger partial charge in [0.25, 0.3) is 5.91 Å². The normalized spacial score (nSPS) is 17.0. The van der Waals surface area contributed by atoms with Gasteiger partial charge in [-0.1, -0.05) is 19.1 Å². The summed E-state index contributed by atoms with van der Waals surface area (Å²) in [5.74, 6) is -0.828. The molecule has 0 unspecified atom stereocenters. The van der Waals surface area contributed by atoms with Gasteiger partial charge in [0.2, 0.25) is 5.91 Å². The van der Waals surface area contributed by atoms with Gasteiger partial charge in [-0.05, 0) is 61.2 Å². The third kappa shape index (κ3) is 4.28. The van der Waals surface area contributed by atoms with Crippen molar-refractivity contribution >= 4 is 17.5 Å². The summed E-state index contributed by atoms with van der Waals surface area (Å²) in [7, 11) is 0. The van der Waals surface area contributed by atoms with Crippen molar-refractivity contribution in [1.29, 1.82) is 0 Å². The van der Waals surface area contributed by atoms with E-state index in [-0.39, 0.29) is 23.5 Å². The molecule has 0 bridgehead atoms. The summed E-state index contributed by atoms with van der Waals surface area (Å²) in [5.41, 5.74) is 2.44. The summed E-state index contributed by atoms with van der Waals surface area (Å²) in [5, 5.41) is 2.94. The minimum atomic E-state index is -0.369. The number of piperidine rings is 1. The Labute approximate surface area is 153 Å². The summed E-state index contributed by atoms with van der Waals surface area (Å²) >= 11 is 0. The summed E-state index contributed by atoms with van der Waals surface area (Å²) in [6.07, 6.45) is 2.49. The van der Waals surface area contributed by atoms with Crippen LogP contribution in [0.15, 0.2) is 48.5 Å². The Morgan fingerprint density at radius 1 is 1.12 bits per heavy atom. The molecule has 0 radical (unpaired) electrons. The zero-order valence-electron chi connectivity index (χ0n) is 14.9. The van der Waals surface area contributed by atoms with Crippen molar-refractivity contribution in [3.05, 3.63) is 65.5 Å². The molecule has 3 rings (SSSR count). The minimum absolute atomic E-state index is 0.0640. The van der Waals surface area contributed by atoms with Crippen LogP contribution in [0.1, 0.15) is 35.7 Å². The average molecular weight is 354 g/mol. The van der Waals surface area contributed by atoms with Crippen LogP contribution in [0.25, 0.3) is 0 Å². The maximum atomic E-state index is 13.0. The fourth-order valence-electron chi connectivity index (χ4n) is 3.22. The van der Waals surface area contributed by atoms with Gasteiger partial charge in [-0.15, -0.1) is 0 Å². The SMILES string of the molecule is CCc1ccc(NC(=O)[C@@H]2CCCN(C(=O)c3ccc(F)cc3)C2)cc1. The van der Waals surface area contributed by atoms with E-state index in [4.69, 9.17) is 0 Å². The highest BCUT2D eigenvalue weighted by molar-refractivity contribution is 5.96. The van der Waals surface area contributed by atoms with Crippen LogP contribution in [0.2, 0.25) is 0 Å². The second kappa shape index (κ2) is 8.13. The van der Waals surface area contributed by atoms with E-state index in [1.807, 2.05) is 24.3 Å². The predicted octanol–water partition coefficient (Wildman–Crippen LogP) is 3.88. The van der Waals surface area contributed by atoms with E-state index in [1.54, 1.807) is 4.90 Å². The van der Waals surface area contributed by atoms with E-state index in [1.165, 1.54) is 29.8 Å². The molecule has 2 aromatic carbocycles. The lowest BCUT2D eigenvalue weighted by Gasteiger charge is -2.32. The first-order valence-electron chi connectivity index (χ1n) is 9.01. The molecule has 0 aliphatic carbocycles. The van der Waals surface area contributed by atoms with Crippen molar-refractivity contribution in [3.8, 4) is 0 Å². The van der Waals surface area contributed by atoms with Gasteiger partial charge in [0.05, 0.1) is 5.92 Å². The lowest BCUT2D eigenvalue weighted by molar-refractivity contribution is -0.121. The van der Waals surface area contributed by atoms with Gasteiger partial charge < -0.3 is 10.2 Å². The summed E-state index contributed by atoms with van der Waals surface area (Å²) in [6, 6.07) is 13.3. The summed E-state index contributed by atoms with van der Waals surface area (Å²) in [4.78, 5) is 26.8. The lowest BCUT2D eigenvalue weighted by Crippen LogP contribution is -2.43. The Hall–Kier alpha value is -2.69. The maximum Gasteiger partial charge on any atom is 0.253 e. The molecule has 0 spiro atoms. The van der Waals surface area contributed by atoms with Crippen molar-refractivity contribution in [1.82, 2.24) is 4.90 Å². The van der Waals surface area contributed by atoms with E-state index in [0.717, 1.165) is 24.9 Å². The van der Waals surface area contributed by atoms with Crippen LogP contribution in [0, 0.1) is 11.7 Å². The fraction of sp³-hybridized carbons (Fsp3) is 0.333. The molecule has 4 nitrogen and oxygen atoms in total. The van der Waals surface area contributed by atoms with Crippen molar-refractivity contribution in [2.45, 2.75) is 26.2 Å². The lowest BCUT2D eigenvalue weighted by atomic mass is 9.96. The van der Waals surface area contributed by atoms with E-state index in [2.05, 4.69) is 12.2 Å². The van der Waals surface area contributed by atoms with Gasteiger partial charge in [-0.25, -0.2) is 4.39 Å². The number of rotatable bonds is 4. The molecule has 26 heavy (non-hydrogen) atoms. The van der Waals surface area contributed by atoms with Crippen molar-refractivity contribution in [2.75, 3.05) is 18.4 Å². The van der Waals surface area contributed by atoms with Gasteiger partial charge in [-0.3, -0.25) is 9.59 Å². The zero-order chi connectivity index (χ0) is 18.5. The van der Waals surface area contributed by atoms with Crippen LogP contribution in [-0.2, 0) is 11.2 Å². The van der Waals surface area contributed by atoms with E-state index in [0.29, 0.717) is 18.7 Å². The first-order chi connectivity index (χ1) is 12.6. The molecule has 1 aliphatic heterocycles. The van der Waals surface area contributed by atoms with Crippen LogP contribution < -0.4 is 5.32 Å². The molecule has 1 fully saturated rings. The topological polar surface area (TPSA) is 49.4 Å². The second-order valence-corrected chi connectivity index (χ2v) is 6.64. The fourth-order valence-corrected chi connectivity index (χ4v) is 3.22. The van der Waals surface area contributed by atoms with Gasteiger partial charge in [0, 0.05) is 24.3 Å². The number of anilines is 1. The van der Waals surface area contributed by atoms with Crippen LogP contribution in [0.3, 0.4) is 0 Å². The number of hydrogen-bond donors (Lipinski definition) is 1. The molecule has 1 saturated heterocycles. The van der Waals surface area contributed by atoms with Crippen LogP contribution in [-0.4, -0.2) is 29.8 Å².